The quantitative estimate of drug-likeness (QED) is 0.737. The first-order valence-corrected chi connectivity index (χ1v) is 7.42. The Morgan fingerprint density at radius 1 is 1.33 bits per heavy atom. The number of alkyl halides is 1. The van der Waals surface area contributed by atoms with E-state index in [0.717, 1.165) is 43.9 Å². The first kappa shape index (κ1) is 15.5. The molecule has 1 rings (SSSR count). The highest BCUT2D eigenvalue weighted by molar-refractivity contribution is 6.18. The molecule has 1 N–H and O–H groups in total. The second-order valence-corrected chi connectivity index (χ2v) is 5.32. The van der Waals surface area contributed by atoms with Crippen LogP contribution in [-0.2, 0) is 20.0 Å². The van der Waals surface area contributed by atoms with Crippen LogP contribution in [0, 0.1) is 5.41 Å². The monoisotopic (exact) mass is 271 g/mol. The van der Waals surface area contributed by atoms with E-state index >= 15 is 0 Å². The highest BCUT2D eigenvalue weighted by Crippen LogP contribution is 2.26. The van der Waals surface area contributed by atoms with Crippen LogP contribution in [0.2, 0.25) is 0 Å². The molecule has 18 heavy (non-hydrogen) atoms. The highest BCUT2D eigenvalue weighted by Gasteiger charge is 2.24. The number of rotatable bonds is 8. The van der Waals surface area contributed by atoms with Gasteiger partial charge in [0.2, 0.25) is 0 Å². The molecule has 0 bridgehead atoms. The molecule has 104 valence electrons. The summed E-state index contributed by atoms with van der Waals surface area (Å²) in [6, 6.07) is 2.17. The Morgan fingerprint density at radius 3 is 2.44 bits per heavy atom. The van der Waals surface area contributed by atoms with Crippen LogP contribution in [0.3, 0.4) is 0 Å². The molecule has 0 aromatic carbocycles. The molecule has 0 saturated heterocycles. The van der Waals surface area contributed by atoms with Gasteiger partial charge in [0.25, 0.3) is 0 Å². The van der Waals surface area contributed by atoms with Gasteiger partial charge in [0.05, 0.1) is 11.4 Å². The summed E-state index contributed by atoms with van der Waals surface area (Å²) < 4.78 is 1.96. The van der Waals surface area contributed by atoms with Crippen LogP contribution in [0.1, 0.15) is 45.0 Å². The van der Waals surface area contributed by atoms with Crippen molar-refractivity contribution in [1.29, 1.82) is 0 Å². The van der Waals surface area contributed by atoms with Crippen LogP contribution in [-0.4, -0.2) is 22.2 Å². The van der Waals surface area contributed by atoms with Gasteiger partial charge in [0.1, 0.15) is 0 Å². The van der Waals surface area contributed by atoms with E-state index in [1.54, 1.807) is 0 Å². The van der Waals surface area contributed by atoms with Crippen LogP contribution in [0.4, 0.5) is 0 Å². The topological polar surface area (TPSA) is 29.9 Å². The largest absolute Gasteiger partial charge is 0.311 e. The average Bonchev–Trinajstić information content (AvgIpc) is 2.76. The molecule has 0 atom stereocenters. The molecule has 0 saturated carbocycles. The zero-order chi connectivity index (χ0) is 13.6. The summed E-state index contributed by atoms with van der Waals surface area (Å²) in [6.45, 7) is 8.39. The molecule has 4 heteroatoms. The number of halogens is 1. The second-order valence-electron chi connectivity index (χ2n) is 5.05. The van der Waals surface area contributed by atoms with E-state index in [0.29, 0.717) is 0 Å². The van der Waals surface area contributed by atoms with E-state index in [2.05, 4.69) is 37.3 Å². The number of hydrogen-bond donors (Lipinski definition) is 1. The molecule has 0 aliphatic rings. The molecule has 1 heterocycles. The molecule has 1 aromatic heterocycles. The van der Waals surface area contributed by atoms with Crippen molar-refractivity contribution in [1.82, 2.24) is 15.1 Å². The Bertz CT molecular complexity index is 348. The maximum absolute atomic E-state index is 6.11. The standard InChI is InChI=1S/C14H26ClN3/c1-5-12-8-13(18(4)17-12)9-16-11-14(6-2,7-3)10-15/h8,16H,5-7,9-11H2,1-4H3. The maximum atomic E-state index is 6.11. The number of nitrogens with zero attached hydrogens (tertiary/aromatic N) is 2. The lowest BCUT2D eigenvalue weighted by atomic mass is 9.84. The van der Waals surface area contributed by atoms with E-state index in [1.165, 1.54) is 5.69 Å². The summed E-state index contributed by atoms with van der Waals surface area (Å²) in [4.78, 5) is 0. The van der Waals surface area contributed by atoms with Gasteiger partial charge in [0.15, 0.2) is 0 Å². The minimum absolute atomic E-state index is 0.230. The second kappa shape index (κ2) is 7.15. The smallest absolute Gasteiger partial charge is 0.0625 e. The van der Waals surface area contributed by atoms with Crippen molar-refractivity contribution in [3.8, 4) is 0 Å². The maximum Gasteiger partial charge on any atom is 0.0625 e. The normalized spacial score (nSPS) is 12.1. The number of nitrogens with one attached hydrogen (secondary N) is 1. The van der Waals surface area contributed by atoms with Crippen LogP contribution in [0.25, 0.3) is 0 Å². The Labute approximate surface area is 116 Å². The van der Waals surface area contributed by atoms with Gasteiger partial charge < -0.3 is 5.32 Å². The van der Waals surface area contributed by atoms with Crippen molar-refractivity contribution in [3.63, 3.8) is 0 Å². The minimum Gasteiger partial charge on any atom is -0.311 e. The van der Waals surface area contributed by atoms with Crippen LogP contribution < -0.4 is 5.32 Å². The van der Waals surface area contributed by atoms with Crippen molar-refractivity contribution in [3.05, 3.63) is 17.5 Å². The van der Waals surface area contributed by atoms with E-state index in [1.807, 2.05) is 11.7 Å². The van der Waals surface area contributed by atoms with Crippen LogP contribution >= 0.6 is 11.6 Å². The van der Waals surface area contributed by atoms with Gasteiger partial charge in [-0.25, -0.2) is 0 Å². The molecule has 0 fully saturated rings. The molecule has 1 aromatic rings. The Morgan fingerprint density at radius 2 is 2.00 bits per heavy atom. The summed E-state index contributed by atoms with van der Waals surface area (Å²) in [5.41, 5.74) is 2.62. The van der Waals surface area contributed by atoms with E-state index in [9.17, 15) is 0 Å². The first-order valence-electron chi connectivity index (χ1n) is 6.89. The summed E-state index contributed by atoms with van der Waals surface area (Å²) in [7, 11) is 2.00. The molecule has 0 radical (unpaired) electrons. The fourth-order valence-electron chi connectivity index (χ4n) is 2.10. The molecule has 0 unspecified atom stereocenters. The molecule has 0 aliphatic heterocycles. The fourth-order valence-corrected chi connectivity index (χ4v) is 2.57. The lowest BCUT2D eigenvalue weighted by Crippen LogP contribution is -2.35. The van der Waals surface area contributed by atoms with Gasteiger partial charge in [-0.1, -0.05) is 20.8 Å². The van der Waals surface area contributed by atoms with Crippen molar-refractivity contribution in [2.45, 2.75) is 46.6 Å². The van der Waals surface area contributed by atoms with Crippen molar-refractivity contribution in [2.75, 3.05) is 12.4 Å². The predicted molar refractivity (Wildman–Crippen MR) is 78.0 cm³/mol. The van der Waals surface area contributed by atoms with Gasteiger partial charge in [0, 0.05) is 26.0 Å². The van der Waals surface area contributed by atoms with E-state index < -0.39 is 0 Å². The summed E-state index contributed by atoms with van der Waals surface area (Å²) >= 11 is 6.11. The van der Waals surface area contributed by atoms with Gasteiger partial charge in [-0.3, -0.25) is 4.68 Å². The van der Waals surface area contributed by atoms with Gasteiger partial charge in [-0.2, -0.15) is 5.10 Å². The molecule has 0 amide bonds. The van der Waals surface area contributed by atoms with E-state index in [4.69, 9.17) is 11.6 Å². The third-order valence-electron chi connectivity index (χ3n) is 3.98. The fraction of sp³-hybridized carbons (Fsp3) is 0.786. The molecule has 0 aliphatic carbocycles. The zero-order valence-corrected chi connectivity index (χ0v) is 12.8. The first-order chi connectivity index (χ1) is 8.60. The molecular weight excluding hydrogens is 246 g/mol. The SMILES string of the molecule is CCc1cc(CNCC(CC)(CC)CCl)n(C)n1. The lowest BCUT2D eigenvalue weighted by Gasteiger charge is -2.29. The summed E-state index contributed by atoms with van der Waals surface area (Å²) in [6.07, 6.45) is 3.22. The molecule has 3 nitrogen and oxygen atoms in total. The van der Waals surface area contributed by atoms with Gasteiger partial charge >= 0.3 is 0 Å². The van der Waals surface area contributed by atoms with Gasteiger partial charge in [-0.05, 0) is 30.7 Å². The number of aryl methyl sites for hydroxylation is 2. The minimum atomic E-state index is 0.230. The van der Waals surface area contributed by atoms with Crippen molar-refractivity contribution >= 4 is 11.6 Å². The summed E-state index contributed by atoms with van der Waals surface area (Å²) in [5, 5.41) is 7.98. The third-order valence-corrected chi connectivity index (χ3v) is 4.55. The van der Waals surface area contributed by atoms with Crippen molar-refractivity contribution < 1.29 is 0 Å². The molecule has 0 spiro atoms. The number of hydrogen-bond acceptors (Lipinski definition) is 2. The lowest BCUT2D eigenvalue weighted by molar-refractivity contribution is 0.285. The highest BCUT2D eigenvalue weighted by atomic mass is 35.5. The Balaban J connectivity index is 2.52. The Hall–Kier alpha value is -0.540. The van der Waals surface area contributed by atoms with Crippen molar-refractivity contribution in [2.24, 2.45) is 12.5 Å². The summed E-state index contributed by atoms with van der Waals surface area (Å²) in [5.74, 6) is 0.721. The Kier molecular flexibility index (Phi) is 6.16. The average molecular weight is 272 g/mol. The van der Waals surface area contributed by atoms with E-state index in [-0.39, 0.29) is 5.41 Å². The molecular formula is C14H26ClN3. The zero-order valence-electron chi connectivity index (χ0n) is 12.1. The van der Waals surface area contributed by atoms with Crippen LogP contribution in [0.5, 0.6) is 0 Å². The predicted octanol–water partition coefficient (Wildman–Crippen LogP) is 3.12. The van der Waals surface area contributed by atoms with Crippen LogP contribution in [0.15, 0.2) is 6.07 Å². The van der Waals surface area contributed by atoms with Gasteiger partial charge in [-0.15, -0.1) is 11.6 Å². The number of aromatic nitrogens is 2. The third kappa shape index (κ3) is 3.72.